The zero-order valence-corrected chi connectivity index (χ0v) is 13.7. The highest BCUT2D eigenvalue weighted by molar-refractivity contribution is 9.10. The molecule has 1 aromatic carbocycles. The van der Waals surface area contributed by atoms with Gasteiger partial charge in [0.2, 0.25) is 0 Å². The third-order valence-electron chi connectivity index (χ3n) is 3.66. The van der Waals surface area contributed by atoms with Gasteiger partial charge in [-0.2, -0.15) is 0 Å². The molecule has 2 N–H and O–H groups in total. The van der Waals surface area contributed by atoms with Gasteiger partial charge in [0.1, 0.15) is 0 Å². The monoisotopic (exact) mass is 354 g/mol. The summed E-state index contributed by atoms with van der Waals surface area (Å²) in [5.74, 6) is -1.06. The van der Waals surface area contributed by atoms with Crippen molar-refractivity contribution in [2.75, 3.05) is 18.4 Å². The maximum atomic E-state index is 12.4. The van der Waals surface area contributed by atoms with Gasteiger partial charge in [0.25, 0.3) is 0 Å². The zero-order valence-electron chi connectivity index (χ0n) is 12.1. The van der Waals surface area contributed by atoms with Crippen molar-refractivity contribution < 1.29 is 14.7 Å². The second kappa shape index (κ2) is 6.05. The number of hydrogen-bond donors (Lipinski definition) is 2. The fourth-order valence-corrected chi connectivity index (χ4v) is 3.08. The van der Waals surface area contributed by atoms with Gasteiger partial charge in [0.05, 0.1) is 11.3 Å². The van der Waals surface area contributed by atoms with Crippen molar-refractivity contribution in [2.45, 2.75) is 26.7 Å². The van der Waals surface area contributed by atoms with Gasteiger partial charge in [-0.3, -0.25) is 0 Å². The van der Waals surface area contributed by atoms with E-state index in [-0.39, 0.29) is 17.0 Å². The average molecular weight is 355 g/mol. The van der Waals surface area contributed by atoms with Crippen molar-refractivity contribution in [3.8, 4) is 0 Å². The van der Waals surface area contributed by atoms with Crippen LogP contribution in [0.2, 0.25) is 0 Å². The van der Waals surface area contributed by atoms with Crippen LogP contribution in [0.25, 0.3) is 0 Å². The molecule has 6 heteroatoms. The van der Waals surface area contributed by atoms with Crippen LogP contribution in [0.1, 0.15) is 37.0 Å². The number of piperidine rings is 1. The first-order valence-electron chi connectivity index (χ1n) is 6.88. The van der Waals surface area contributed by atoms with E-state index in [4.69, 9.17) is 0 Å². The third kappa shape index (κ3) is 3.75. The lowest BCUT2D eigenvalue weighted by Gasteiger charge is -2.38. The molecule has 0 aliphatic carbocycles. The molecular formula is C15H19BrN2O3. The molecule has 5 nitrogen and oxygen atoms in total. The fourth-order valence-electron chi connectivity index (χ4n) is 2.61. The van der Waals surface area contributed by atoms with E-state index >= 15 is 0 Å². The standard InChI is InChI=1S/C15H19BrN2O3/c1-15(2)7-4-8-18(9-15)14(21)17-12-10(13(19)20)5-3-6-11(12)16/h3,5-6H,4,7-9H2,1-2H3,(H,17,21)(H,19,20). The molecule has 2 rings (SSSR count). The van der Waals surface area contributed by atoms with Crippen molar-refractivity contribution in [3.05, 3.63) is 28.2 Å². The minimum atomic E-state index is -1.06. The highest BCUT2D eigenvalue weighted by Crippen LogP contribution is 2.30. The Hall–Kier alpha value is -1.56. The van der Waals surface area contributed by atoms with Crippen LogP contribution in [0, 0.1) is 5.41 Å². The number of carbonyl (C=O) groups excluding carboxylic acids is 1. The van der Waals surface area contributed by atoms with Gasteiger partial charge < -0.3 is 15.3 Å². The number of amides is 2. The molecule has 21 heavy (non-hydrogen) atoms. The Morgan fingerprint density at radius 2 is 2.10 bits per heavy atom. The molecular weight excluding hydrogens is 336 g/mol. The van der Waals surface area contributed by atoms with Crippen LogP contribution in [-0.4, -0.2) is 35.1 Å². The SMILES string of the molecule is CC1(C)CCCN(C(=O)Nc2c(Br)cccc2C(=O)O)C1. The highest BCUT2D eigenvalue weighted by atomic mass is 79.9. The lowest BCUT2D eigenvalue weighted by molar-refractivity contribution is 0.0698. The van der Waals surface area contributed by atoms with Crippen LogP contribution < -0.4 is 5.32 Å². The lowest BCUT2D eigenvalue weighted by Crippen LogP contribution is -2.45. The summed E-state index contributed by atoms with van der Waals surface area (Å²) in [6.07, 6.45) is 2.05. The third-order valence-corrected chi connectivity index (χ3v) is 4.32. The molecule has 0 spiro atoms. The van der Waals surface area contributed by atoms with Gasteiger partial charge >= 0.3 is 12.0 Å². The first-order valence-corrected chi connectivity index (χ1v) is 7.67. The Bertz CT molecular complexity index is 572. The summed E-state index contributed by atoms with van der Waals surface area (Å²) in [6, 6.07) is 4.57. The maximum Gasteiger partial charge on any atom is 0.337 e. The van der Waals surface area contributed by atoms with Crippen molar-refractivity contribution in [3.63, 3.8) is 0 Å². The lowest BCUT2D eigenvalue weighted by atomic mass is 9.84. The van der Waals surface area contributed by atoms with Crippen molar-refractivity contribution in [1.29, 1.82) is 0 Å². The number of carboxylic acids is 1. The Balaban J connectivity index is 2.18. The summed E-state index contributed by atoms with van der Waals surface area (Å²) in [5, 5.41) is 11.9. The van der Waals surface area contributed by atoms with Crippen LogP contribution in [-0.2, 0) is 0 Å². The summed E-state index contributed by atoms with van der Waals surface area (Å²) in [4.78, 5) is 25.4. The summed E-state index contributed by atoms with van der Waals surface area (Å²) >= 11 is 3.29. The Kier molecular flexibility index (Phi) is 4.56. The minimum absolute atomic E-state index is 0.0778. The number of para-hydroxylation sites is 1. The van der Waals surface area contributed by atoms with Gasteiger partial charge in [0.15, 0.2) is 0 Å². The van der Waals surface area contributed by atoms with Crippen LogP contribution in [0.4, 0.5) is 10.5 Å². The second-order valence-corrected chi connectivity index (χ2v) is 6.94. The largest absolute Gasteiger partial charge is 0.478 e. The van der Waals surface area contributed by atoms with E-state index in [1.165, 1.54) is 6.07 Å². The number of carboxylic acid groups (broad SMARTS) is 1. The van der Waals surface area contributed by atoms with Crippen LogP contribution >= 0.6 is 15.9 Å². The molecule has 0 unspecified atom stereocenters. The average Bonchev–Trinajstić information content (AvgIpc) is 2.39. The van der Waals surface area contributed by atoms with Gasteiger partial charge in [0, 0.05) is 17.6 Å². The molecule has 0 saturated carbocycles. The molecule has 1 aliphatic rings. The Morgan fingerprint density at radius 1 is 1.38 bits per heavy atom. The normalized spacial score (nSPS) is 17.4. The van der Waals surface area contributed by atoms with Crippen LogP contribution in [0.15, 0.2) is 22.7 Å². The van der Waals surface area contributed by atoms with Crippen molar-refractivity contribution >= 4 is 33.6 Å². The summed E-state index contributed by atoms with van der Waals surface area (Å²) in [5.41, 5.74) is 0.478. The molecule has 114 valence electrons. The molecule has 2 amide bonds. The number of rotatable bonds is 2. The first kappa shape index (κ1) is 15.8. The summed E-state index contributed by atoms with van der Waals surface area (Å²) in [7, 11) is 0. The fraction of sp³-hybridized carbons (Fsp3) is 0.467. The molecule has 1 aromatic rings. The Morgan fingerprint density at radius 3 is 2.71 bits per heavy atom. The number of likely N-dealkylation sites (tertiary alicyclic amines) is 1. The molecule has 0 atom stereocenters. The number of carbonyl (C=O) groups is 2. The molecule has 1 fully saturated rings. The number of aromatic carboxylic acids is 1. The molecule has 0 aromatic heterocycles. The van der Waals surface area contributed by atoms with Crippen LogP contribution in [0.3, 0.4) is 0 Å². The number of hydrogen-bond acceptors (Lipinski definition) is 2. The molecule has 0 radical (unpaired) electrons. The number of anilines is 1. The summed E-state index contributed by atoms with van der Waals surface area (Å²) < 4.78 is 0.562. The second-order valence-electron chi connectivity index (χ2n) is 6.09. The predicted octanol–water partition coefficient (Wildman–Crippen LogP) is 3.80. The van der Waals surface area contributed by atoms with E-state index in [0.717, 1.165) is 12.8 Å². The molecule has 1 heterocycles. The molecule has 1 aliphatic heterocycles. The van der Waals surface area contributed by atoms with Gasteiger partial charge in [-0.05, 0) is 46.3 Å². The number of nitrogens with one attached hydrogen (secondary N) is 1. The van der Waals surface area contributed by atoms with Gasteiger partial charge in [-0.15, -0.1) is 0 Å². The van der Waals surface area contributed by atoms with E-state index in [0.29, 0.717) is 23.2 Å². The topological polar surface area (TPSA) is 69.6 Å². The van der Waals surface area contributed by atoms with Crippen molar-refractivity contribution in [2.24, 2.45) is 5.41 Å². The smallest absolute Gasteiger partial charge is 0.337 e. The highest BCUT2D eigenvalue weighted by Gasteiger charge is 2.29. The van der Waals surface area contributed by atoms with E-state index in [9.17, 15) is 14.7 Å². The van der Waals surface area contributed by atoms with Crippen molar-refractivity contribution in [1.82, 2.24) is 4.90 Å². The quantitative estimate of drug-likeness (QED) is 0.848. The minimum Gasteiger partial charge on any atom is -0.478 e. The van der Waals surface area contributed by atoms with E-state index in [1.807, 2.05) is 0 Å². The summed E-state index contributed by atoms with van der Waals surface area (Å²) in [6.45, 7) is 5.63. The number of nitrogens with zero attached hydrogens (tertiary/aromatic N) is 1. The number of benzene rings is 1. The predicted molar refractivity (Wildman–Crippen MR) is 84.7 cm³/mol. The zero-order chi connectivity index (χ0) is 15.6. The van der Waals surface area contributed by atoms with E-state index in [2.05, 4.69) is 35.1 Å². The first-order chi connectivity index (χ1) is 9.80. The van der Waals surface area contributed by atoms with E-state index < -0.39 is 5.97 Å². The van der Waals surface area contributed by atoms with Gasteiger partial charge in [-0.25, -0.2) is 9.59 Å². The Labute approximate surface area is 132 Å². The number of halogens is 1. The number of urea groups is 1. The van der Waals surface area contributed by atoms with E-state index in [1.54, 1.807) is 17.0 Å². The maximum absolute atomic E-state index is 12.4. The van der Waals surface area contributed by atoms with Crippen LogP contribution in [0.5, 0.6) is 0 Å². The van der Waals surface area contributed by atoms with Gasteiger partial charge in [-0.1, -0.05) is 19.9 Å². The molecule has 1 saturated heterocycles. The molecule has 0 bridgehead atoms.